The SMILES string of the molecule is Cc1cccc(S(=O)CC(O)CNC(C)C)c1. The Morgan fingerprint density at radius 1 is 1.41 bits per heavy atom. The van der Waals surface area contributed by atoms with Crippen LogP contribution in [0.3, 0.4) is 0 Å². The van der Waals surface area contributed by atoms with Gasteiger partial charge >= 0.3 is 0 Å². The highest BCUT2D eigenvalue weighted by molar-refractivity contribution is 7.85. The van der Waals surface area contributed by atoms with E-state index in [1.54, 1.807) is 0 Å². The Morgan fingerprint density at radius 2 is 2.12 bits per heavy atom. The maximum absolute atomic E-state index is 12.0. The predicted molar refractivity (Wildman–Crippen MR) is 71.6 cm³/mol. The number of hydrogen-bond acceptors (Lipinski definition) is 3. The smallest absolute Gasteiger partial charge is 0.0783 e. The van der Waals surface area contributed by atoms with E-state index in [1.807, 2.05) is 45.0 Å². The molecule has 3 nitrogen and oxygen atoms in total. The molecule has 0 heterocycles. The highest BCUT2D eigenvalue weighted by Gasteiger charge is 2.11. The molecular formula is C13H21NO2S. The fourth-order valence-corrected chi connectivity index (χ4v) is 2.67. The number of hydrogen-bond donors (Lipinski definition) is 2. The minimum Gasteiger partial charge on any atom is -0.391 e. The monoisotopic (exact) mass is 255 g/mol. The van der Waals surface area contributed by atoms with Crippen LogP contribution in [-0.2, 0) is 10.8 Å². The van der Waals surface area contributed by atoms with E-state index >= 15 is 0 Å². The van der Waals surface area contributed by atoms with E-state index in [0.29, 0.717) is 12.6 Å². The molecule has 0 amide bonds. The zero-order chi connectivity index (χ0) is 12.8. The molecule has 0 bridgehead atoms. The van der Waals surface area contributed by atoms with E-state index < -0.39 is 16.9 Å². The molecule has 17 heavy (non-hydrogen) atoms. The molecule has 0 saturated heterocycles. The molecule has 0 spiro atoms. The van der Waals surface area contributed by atoms with Crippen molar-refractivity contribution in [2.45, 2.75) is 37.8 Å². The summed E-state index contributed by atoms with van der Waals surface area (Å²) < 4.78 is 12.0. The first-order valence-corrected chi connectivity index (χ1v) is 7.17. The highest BCUT2D eigenvalue weighted by Crippen LogP contribution is 2.10. The molecule has 0 aromatic heterocycles. The van der Waals surface area contributed by atoms with Crippen molar-refractivity contribution in [3.8, 4) is 0 Å². The van der Waals surface area contributed by atoms with E-state index in [4.69, 9.17) is 0 Å². The van der Waals surface area contributed by atoms with Crippen molar-refractivity contribution in [3.05, 3.63) is 29.8 Å². The van der Waals surface area contributed by atoms with Gasteiger partial charge in [-0.25, -0.2) is 0 Å². The second-order valence-electron chi connectivity index (χ2n) is 4.55. The van der Waals surface area contributed by atoms with Crippen molar-refractivity contribution in [2.75, 3.05) is 12.3 Å². The largest absolute Gasteiger partial charge is 0.391 e. The summed E-state index contributed by atoms with van der Waals surface area (Å²) in [5.41, 5.74) is 1.09. The number of aryl methyl sites for hydroxylation is 1. The topological polar surface area (TPSA) is 49.3 Å². The van der Waals surface area contributed by atoms with Crippen molar-refractivity contribution >= 4 is 10.8 Å². The molecule has 0 fully saturated rings. The number of aliphatic hydroxyl groups is 1. The van der Waals surface area contributed by atoms with Crippen LogP contribution in [0.15, 0.2) is 29.2 Å². The summed E-state index contributed by atoms with van der Waals surface area (Å²) in [6.07, 6.45) is -0.571. The molecular weight excluding hydrogens is 234 g/mol. The van der Waals surface area contributed by atoms with Gasteiger partial charge in [0.05, 0.1) is 22.7 Å². The Kier molecular flexibility index (Phi) is 5.82. The quantitative estimate of drug-likeness (QED) is 0.809. The number of benzene rings is 1. The van der Waals surface area contributed by atoms with Gasteiger partial charge in [0, 0.05) is 17.5 Å². The lowest BCUT2D eigenvalue weighted by Crippen LogP contribution is -2.34. The summed E-state index contributed by atoms with van der Waals surface area (Å²) in [6.45, 7) is 6.49. The molecule has 1 rings (SSSR count). The molecule has 96 valence electrons. The summed E-state index contributed by atoms with van der Waals surface area (Å²) in [7, 11) is -1.13. The van der Waals surface area contributed by atoms with Crippen LogP contribution in [0.1, 0.15) is 19.4 Å². The van der Waals surface area contributed by atoms with Gasteiger partial charge in [0.25, 0.3) is 0 Å². The van der Waals surface area contributed by atoms with Crippen LogP contribution in [0, 0.1) is 6.92 Å². The van der Waals surface area contributed by atoms with Crippen LogP contribution in [0.2, 0.25) is 0 Å². The third-order valence-corrected chi connectivity index (χ3v) is 3.83. The Hall–Kier alpha value is -0.710. The van der Waals surface area contributed by atoms with Gasteiger partial charge in [0.2, 0.25) is 0 Å². The lowest BCUT2D eigenvalue weighted by molar-refractivity contribution is 0.191. The molecule has 1 aromatic carbocycles. The van der Waals surface area contributed by atoms with Crippen LogP contribution >= 0.6 is 0 Å². The normalized spacial score (nSPS) is 14.9. The Labute approximate surface area is 106 Å². The predicted octanol–water partition coefficient (Wildman–Crippen LogP) is 1.46. The standard InChI is InChI=1S/C13H21NO2S/c1-10(2)14-8-12(15)9-17(16)13-6-4-5-11(3)7-13/h4-7,10,12,14-15H,8-9H2,1-3H3. The molecule has 0 aliphatic carbocycles. The average molecular weight is 255 g/mol. The molecule has 0 aliphatic heterocycles. The Bertz CT molecular complexity index is 379. The minimum absolute atomic E-state index is 0.281. The van der Waals surface area contributed by atoms with Gasteiger partial charge in [-0.05, 0) is 24.6 Å². The van der Waals surface area contributed by atoms with Crippen molar-refractivity contribution < 1.29 is 9.32 Å². The zero-order valence-electron chi connectivity index (χ0n) is 10.6. The van der Waals surface area contributed by atoms with Gasteiger partial charge in [-0.3, -0.25) is 4.21 Å². The van der Waals surface area contributed by atoms with Gasteiger partial charge in [0.1, 0.15) is 0 Å². The maximum Gasteiger partial charge on any atom is 0.0783 e. The van der Waals surface area contributed by atoms with Crippen LogP contribution in [0.4, 0.5) is 0 Å². The van der Waals surface area contributed by atoms with Crippen LogP contribution in [0.25, 0.3) is 0 Å². The molecule has 0 aliphatic rings. The van der Waals surface area contributed by atoms with Crippen LogP contribution < -0.4 is 5.32 Å². The van der Waals surface area contributed by atoms with Crippen molar-refractivity contribution in [1.82, 2.24) is 5.32 Å². The molecule has 2 unspecified atom stereocenters. The summed E-state index contributed by atoms with van der Waals surface area (Å²) in [5.74, 6) is 0.281. The second-order valence-corrected chi connectivity index (χ2v) is 6.04. The van der Waals surface area contributed by atoms with Gasteiger partial charge in [-0.2, -0.15) is 0 Å². The highest BCUT2D eigenvalue weighted by atomic mass is 32.2. The van der Waals surface area contributed by atoms with Gasteiger partial charge in [-0.15, -0.1) is 0 Å². The fourth-order valence-electron chi connectivity index (χ4n) is 1.46. The zero-order valence-corrected chi connectivity index (χ0v) is 11.5. The third kappa shape index (κ3) is 5.44. The first-order chi connectivity index (χ1) is 7.99. The first kappa shape index (κ1) is 14.4. The molecule has 0 saturated carbocycles. The maximum atomic E-state index is 12.0. The van der Waals surface area contributed by atoms with Gasteiger partial charge in [0.15, 0.2) is 0 Å². The summed E-state index contributed by atoms with van der Waals surface area (Å²) in [5, 5.41) is 12.9. The van der Waals surface area contributed by atoms with Gasteiger partial charge in [-0.1, -0.05) is 26.0 Å². The summed E-state index contributed by atoms with van der Waals surface area (Å²) in [4.78, 5) is 0.786. The summed E-state index contributed by atoms with van der Waals surface area (Å²) in [6, 6.07) is 7.93. The van der Waals surface area contributed by atoms with Crippen molar-refractivity contribution in [3.63, 3.8) is 0 Å². The van der Waals surface area contributed by atoms with E-state index in [-0.39, 0.29) is 5.75 Å². The Morgan fingerprint density at radius 3 is 2.71 bits per heavy atom. The minimum atomic E-state index is -1.13. The van der Waals surface area contributed by atoms with Crippen molar-refractivity contribution in [2.24, 2.45) is 0 Å². The van der Waals surface area contributed by atoms with Crippen LogP contribution in [0.5, 0.6) is 0 Å². The molecule has 0 radical (unpaired) electrons. The number of nitrogens with one attached hydrogen (secondary N) is 1. The van der Waals surface area contributed by atoms with E-state index in [0.717, 1.165) is 10.5 Å². The molecule has 2 N–H and O–H groups in total. The second kappa shape index (κ2) is 6.89. The van der Waals surface area contributed by atoms with Crippen LogP contribution in [-0.4, -0.2) is 33.8 Å². The van der Waals surface area contributed by atoms with Gasteiger partial charge < -0.3 is 10.4 Å². The van der Waals surface area contributed by atoms with E-state index in [9.17, 15) is 9.32 Å². The molecule has 4 heteroatoms. The lowest BCUT2D eigenvalue weighted by Gasteiger charge is -2.13. The average Bonchev–Trinajstić information content (AvgIpc) is 2.26. The molecule has 2 atom stereocenters. The van der Waals surface area contributed by atoms with Crippen molar-refractivity contribution in [1.29, 1.82) is 0 Å². The number of rotatable bonds is 6. The van der Waals surface area contributed by atoms with E-state index in [2.05, 4.69) is 5.32 Å². The van der Waals surface area contributed by atoms with E-state index in [1.165, 1.54) is 0 Å². The summed E-state index contributed by atoms with van der Waals surface area (Å²) >= 11 is 0. The molecule has 1 aromatic rings. The third-order valence-electron chi connectivity index (χ3n) is 2.36. The Balaban J connectivity index is 2.49. The first-order valence-electron chi connectivity index (χ1n) is 5.85. The lowest BCUT2D eigenvalue weighted by atomic mass is 10.2. The fraction of sp³-hybridized carbons (Fsp3) is 0.538. The number of aliphatic hydroxyl groups excluding tert-OH is 1.